The maximum Gasteiger partial charge on any atom is 0.303 e. The molecule has 0 saturated heterocycles. The van der Waals surface area contributed by atoms with Crippen LogP contribution in [0, 0.1) is 5.92 Å². The van der Waals surface area contributed by atoms with Crippen molar-refractivity contribution < 1.29 is 14.3 Å². The molecule has 1 unspecified atom stereocenters. The summed E-state index contributed by atoms with van der Waals surface area (Å²) in [4.78, 5) is 14.7. The fraction of sp³-hybridized carbons (Fsp3) is 0.385. The van der Waals surface area contributed by atoms with Gasteiger partial charge in [0, 0.05) is 13.0 Å². The molecule has 18 heavy (non-hydrogen) atoms. The molecule has 1 aromatic heterocycles. The van der Waals surface area contributed by atoms with Gasteiger partial charge in [-0.25, -0.2) is 0 Å². The largest absolute Gasteiger partial charge is 0.481 e. The molecule has 2 rings (SSSR count). The Bertz CT molecular complexity index is 503. The van der Waals surface area contributed by atoms with Gasteiger partial charge in [0.15, 0.2) is 5.58 Å². The van der Waals surface area contributed by atoms with E-state index in [1.807, 2.05) is 31.2 Å². The Kier molecular flexibility index (Phi) is 3.82. The number of aliphatic carboxylic acids is 1. The number of carboxylic acids is 1. The molecule has 96 valence electrons. The minimum absolute atomic E-state index is 0.191. The number of oxazole rings is 1. The maximum absolute atomic E-state index is 10.4. The molecular formula is C13H16N2O3. The lowest BCUT2D eigenvalue weighted by atomic mass is 10.1. The highest BCUT2D eigenvalue weighted by atomic mass is 16.4. The summed E-state index contributed by atoms with van der Waals surface area (Å²) in [6.07, 6.45) is 0.832. The molecule has 0 fully saturated rings. The lowest BCUT2D eigenvalue weighted by Crippen LogP contribution is -2.12. The second kappa shape index (κ2) is 5.53. The van der Waals surface area contributed by atoms with Crippen molar-refractivity contribution >= 4 is 23.1 Å². The van der Waals surface area contributed by atoms with Gasteiger partial charge in [-0.2, -0.15) is 4.98 Å². The standard InChI is InChI=1S/C13H16N2O3/c1-9(6-7-12(16)17)8-14-13-15-10-4-2-3-5-11(10)18-13/h2-5,9H,6-8H2,1H3,(H,14,15)(H,16,17). The lowest BCUT2D eigenvalue weighted by Gasteiger charge is -2.09. The molecular weight excluding hydrogens is 232 g/mol. The highest BCUT2D eigenvalue weighted by Crippen LogP contribution is 2.18. The summed E-state index contributed by atoms with van der Waals surface area (Å²) in [7, 11) is 0. The molecule has 0 aliphatic heterocycles. The molecule has 0 radical (unpaired) electrons. The monoisotopic (exact) mass is 248 g/mol. The minimum Gasteiger partial charge on any atom is -0.481 e. The number of benzene rings is 1. The van der Waals surface area contributed by atoms with Crippen LogP contribution in [0.3, 0.4) is 0 Å². The summed E-state index contributed by atoms with van der Waals surface area (Å²) in [5.74, 6) is -0.500. The van der Waals surface area contributed by atoms with Crippen LogP contribution in [0.4, 0.5) is 6.01 Å². The molecule has 2 N–H and O–H groups in total. The van der Waals surface area contributed by atoms with Gasteiger partial charge in [0.2, 0.25) is 0 Å². The molecule has 5 nitrogen and oxygen atoms in total. The summed E-state index contributed by atoms with van der Waals surface area (Å²) in [6, 6.07) is 8.04. The highest BCUT2D eigenvalue weighted by molar-refractivity contribution is 5.74. The first-order valence-corrected chi connectivity index (χ1v) is 5.96. The van der Waals surface area contributed by atoms with Crippen molar-refractivity contribution in [3.8, 4) is 0 Å². The van der Waals surface area contributed by atoms with Crippen molar-refractivity contribution in [2.75, 3.05) is 11.9 Å². The predicted molar refractivity (Wildman–Crippen MR) is 68.5 cm³/mol. The zero-order valence-corrected chi connectivity index (χ0v) is 10.2. The number of para-hydroxylation sites is 2. The summed E-state index contributed by atoms with van der Waals surface area (Å²) < 4.78 is 5.51. The van der Waals surface area contributed by atoms with Gasteiger partial charge in [0.25, 0.3) is 6.01 Å². The number of anilines is 1. The van der Waals surface area contributed by atoms with Crippen molar-refractivity contribution in [2.24, 2.45) is 5.92 Å². The lowest BCUT2D eigenvalue weighted by molar-refractivity contribution is -0.137. The molecule has 0 aliphatic carbocycles. The predicted octanol–water partition coefficient (Wildman–Crippen LogP) is 2.74. The highest BCUT2D eigenvalue weighted by Gasteiger charge is 2.08. The average molecular weight is 248 g/mol. The SMILES string of the molecule is CC(CCC(=O)O)CNc1nc2ccccc2o1. The van der Waals surface area contributed by atoms with Crippen LogP contribution in [-0.2, 0) is 4.79 Å². The van der Waals surface area contributed by atoms with E-state index < -0.39 is 5.97 Å². The fourth-order valence-electron chi connectivity index (χ4n) is 1.68. The maximum atomic E-state index is 10.4. The quantitative estimate of drug-likeness (QED) is 0.822. The summed E-state index contributed by atoms with van der Waals surface area (Å²) in [5.41, 5.74) is 1.57. The molecule has 2 aromatic rings. The van der Waals surface area contributed by atoms with E-state index in [0.29, 0.717) is 19.0 Å². The van der Waals surface area contributed by atoms with Crippen LogP contribution in [0.25, 0.3) is 11.1 Å². The smallest absolute Gasteiger partial charge is 0.303 e. The van der Waals surface area contributed by atoms with Crippen LogP contribution in [0.1, 0.15) is 19.8 Å². The van der Waals surface area contributed by atoms with Crippen molar-refractivity contribution in [3.05, 3.63) is 24.3 Å². The van der Waals surface area contributed by atoms with Crippen LogP contribution >= 0.6 is 0 Å². The Morgan fingerprint density at radius 2 is 2.28 bits per heavy atom. The molecule has 0 aliphatic rings. The Balaban J connectivity index is 1.87. The van der Waals surface area contributed by atoms with Gasteiger partial charge in [0.05, 0.1) is 0 Å². The van der Waals surface area contributed by atoms with E-state index >= 15 is 0 Å². The molecule has 0 spiro atoms. The first kappa shape index (κ1) is 12.4. The number of carboxylic acid groups (broad SMARTS) is 1. The fourth-order valence-corrected chi connectivity index (χ4v) is 1.68. The number of hydrogen-bond donors (Lipinski definition) is 2. The third-order valence-corrected chi connectivity index (χ3v) is 2.75. The van der Waals surface area contributed by atoms with Gasteiger partial charge in [-0.3, -0.25) is 4.79 Å². The van der Waals surface area contributed by atoms with Gasteiger partial charge >= 0.3 is 5.97 Å². The van der Waals surface area contributed by atoms with Crippen LogP contribution in [-0.4, -0.2) is 22.6 Å². The van der Waals surface area contributed by atoms with Crippen molar-refractivity contribution in [3.63, 3.8) is 0 Å². The number of rotatable bonds is 6. The number of nitrogens with zero attached hydrogens (tertiary/aromatic N) is 1. The van der Waals surface area contributed by atoms with Gasteiger partial charge < -0.3 is 14.8 Å². The van der Waals surface area contributed by atoms with Crippen LogP contribution in [0.15, 0.2) is 28.7 Å². The number of fused-ring (bicyclic) bond motifs is 1. The molecule has 1 aromatic carbocycles. The molecule has 0 saturated carbocycles. The van der Waals surface area contributed by atoms with E-state index in [1.54, 1.807) is 0 Å². The number of nitrogens with one attached hydrogen (secondary N) is 1. The van der Waals surface area contributed by atoms with Gasteiger partial charge in [-0.1, -0.05) is 19.1 Å². The van der Waals surface area contributed by atoms with Gasteiger partial charge in [-0.05, 0) is 24.5 Å². The number of aromatic nitrogens is 1. The zero-order valence-electron chi connectivity index (χ0n) is 10.2. The van der Waals surface area contributed by atoms with Crippen molar-refractivity contribution in [2.45, 2.75) is 19.8 Å². The van der Waals surface area contributed by atoms with E-state index in [4.69, 9.17) is 9.52 Å². The van der Waals surface area contributed by atoms with Gasteiger partial charge in [0.1, 0.15) is 5.52 Å². The Morgan fingerprint density at radius 3 is 3.00 bits per heavy atom. The third-order valence-electron chi connectivity index (χ3n) is 2.75. The molecule has 5 heteroatoms. The van der Waals surface area contributed by atoms with E-state index in [-0.39, 0.29) is 12.3 Å². The number of carbonyl (C=O) groups is 1. The van der Waals surface area contributed by atoms with Crippen LogP contribution < -0.4 is 5.32 Å². The molecule has 1 atom stereocenters. The molecule has 0 amide bonds. The van der Waals surface area contributed by atoms with E-state index in [0.717, 1.165) is 11.1 Å². The summed E-state index contributed by atoms with van der Waals surface area (Å²) >= 11 is 0. The Hall–Kier alpha value is -2.04. The second-order valence-electron chi connectivity index (χ2n) is 4.41. The zero-order chi connectivity index (χ0) is 13.0. The first-order valence-electron chi connectivity index (χ1n) is 5.96. The topological polar surface area (TPSA) is 75.4 Å². The summed E-state index contributed by atoms with van der Waals surface area (Å²) in [5, 5.41) is 11.7. The molecule has 1 heterocycles. The van der Waals surface area contributed by atoms with Crippen molar-refractivity contribution in [1.82, 2.24) is 4.98 Å². The Morgan fingerprint density at radius 1 is 1.50 bits per heavy atom. The van der Waals surface area contributed by atoms with Gasteiger partial charge in [-0.15, -0.1) is 0 Å². The second-order valence-corrected chi connectivity index (χ2v) is 4.41. The summed E-state index contributed by atoms with van der Waals surface area (Å²) in [6.45, 7) is 2.65. The number of hydrogen-bond acceptors (Lipinski definition) is 4. The average Bonchev–Trinajstić information content (AvgIpc) is 2.76. The van der Waals surface area contributed by atoms with E-state index in [9.17, 15) is 4.79 Å². The Labute approximate surface area is 105 Å². The van der Waals surface area contributed by atoms with E-state index in [1.165, 1.54) is 0 Å². The normalized spacial score (nSPS) is 12.5. The van der Waals surface area contributed by atoms with Crippen LogP contribution in [0.2, 0.25) is 0 Å². The van der Waals surface area contributed by atoms with Crippen molar-refractivity contribution in [1.29, 1.82) is 0 Å². The van der Waals surface area contributed by atoms with Crippen LogP contribution in [0.5, 0.6) is 0 Å². The molecule has 0 bridgehead atoms. The third kappa shape index (κ3) is 3.23. The first-order chi connectivity index (χ1) is 8.65. The minimum atomic E-state index is -0.760. The van der Waals surface area contributed by atoms with E-state index in [2.05, 4.69) is 10.3 Å².